The second kappa shape index (κ2) is 8.83. The molecule has 1 rings (SSSR count). The molecule has 0 unspecified atom stereocenters. The van der Waals surface area contributed by atoms with Crippen molar-refractivity contribution in [3.8, 4) is 0 Å². The standard InChI is InChI=1S/C11H19N2.CHF3O3S/c1-3-5-6-7-8-13-10-9-12(4-2)11-13;2-1(3,4)8(5,6)7/h4,9-11H,2-3,5-8H2,1H3;(H,5,6,7)/q+1;/p-1. The van der Waals surface area contributed by atoms with E-state index in [9.17, 15) is 13.2 Å². The van der Waals surface area contributed by atoms with Gasteiger partial charge in [-0.1, -0.05) is 26.3 Å². The van der Waals surface area contributed by atoms with Gasteiger partial charge in [0.2, 0.25) is 6.33 Å². The average Bonchev–Trinajstić information content (AvgIpc) is 2.81. The second-order valence-corrected chi connectivity index (χ2v) is 5.61. The molecular weight excluding hydrogens is 309 g/mol. The molecule has 0 aliphatic carbocycles. The molecule has 1 aromatic rings. The summed E-state index contributed by atoms with van der Waals surface area (Å²) in [4.78, 5) is 0. The van der Waals surface area contributed by atoms with Crippen molar-refractivity contribution in [3.05, 3.63) is 25.3 Å². The molecule has 21 heavy (non-hydrogen) atoms. The number of imidazole rings is 1. The first-order chi connectivity index (χ1) is 9.61. The van der Waals surface area contributed by atoms with E-state index in [2.05, 4.69) is 30.6 Å². The molecule has 1 aromatic heterocycles. The van der Waals surface area contributed by atoms with Crippen molar-refractivity contribution in [1.82, 2.24) is 4.57 Å². The smallest absolute Gasteiger partial charge is 0.485 e. The number of aryl methyl sites for hydroxylation is 1. The Hall–Kier alpha value is -1.35. The number of aromatic nitrogens is 2. The minimum atomic E-state index is -6.09. The van der Waals surface area contributed by atoms with E-state index < -0.39 is 15.6 Å². The first kappa shape index (κ1) is 19.7. The summed E-state index contributed by atoms with van der Waals surface area (Å²) in [7, 11) is -6.09. The molecule has 0 aliphatic rings. The zero-order valence-corrected chi connectivity index (χ0v) is 12.5. The summed E-state index contributed by atoms with van der Waals surface area (Å²) in [6.07, 6.45) is 13.3. The zero-order chi connectivity index (χ0) is 16.5. The number of unbranched alkanes of at least 4 members (excludes halogenated alkanes) is 3. The van der Waals surface area contributed by atoms with Gasteiger partial charge in [0.1, 0.15) is 12.4 Å². The van der Waals surface area contributed by atoms with E-state index in [1.54, 1.807) is 0 Å². The Morgan fingerprint density at radius 1 is 1.33 bits per heavy atom. The van der Waals surface area contributed by atoms with Gasteiger partial charge >= 0.3 is 5.51 Å². The average molecular weight is 328 g/mol. The van der Waals surface area contributed by atoms with Gasteiger partial charge in [-0.2, -0.15) is 13.2 Å². The van der Waals surface area contributed by atoms with Crippen LogP contribution in [0.3, 0.4) is 0 Å². The molecule has 0 aromatic carbocycles. The summed E-state index contributed by atoms with van der Waals surface area (Å²) >= 11 is 0. The second-order valence-electron chi connectivity index (χ2n) is 4.24. The predicted octanol–water partition coefficient (Wildman–Crippen LogP) is 2.51. The van der Waals surface area contributed by atoms with E-state index in [0.29, 0.717) is 0 Å². The van der Waals surface area contributed by atoms with Gasteiger partial charge in [0.05, 0.1) is 12.7 Å². The van der Waals surface area contributed by atoms with E-state index in [4.69, 9.17) is 13.0 Å². The predicted molar refractivity (Wildman–Crippen MR) is 70.9 cm³/mol. The number of halogens is 3. The minimum Gasteiger partial charge on any atom is -0.741 e. The van der Waals surface area contributed by atoms with E-state index in [1.165, 1.54) is 25.7 Å². The fourth-order valence-electron chi connectivity index (χ4n) is 1.37. The normalized spacial score (nSPS) is 11.7. The van der Waals surface area contributed by atoms with Crippen LogP contribution in [0.25, 0.3) is 6.20 Å². The number of alkyl halides is 3. The Bertz CT molecular complexity index is 524. The largest absolute Gasteiger partial charge is 0.741 e. The molecule has 0 N–H and O–H groups in total. The van der Waals surface area contributed by atoms with Gasteiger partial charge in [0.15, 0.2) is 10.1 Å². The van der Waals surface area contributed by atoms with Gasteiger partial charge < -0.3 is 4.55 Å². The van der Waals surface area contributed by atoms with Crippen molar-refractivity contribution in [2.45, 2.75) is 44.7 Å². The van der Waals surface area contributed by atoms with E-state index in [-0.39, 0.29) is 0 Å². The van der Waals surface area contributed by atoms with Gasteiger partial charge in [-0.15, -0.1) is 0 Å². The van der Waals surface area contributed by atoms with Gasteiger partial charge in [0, 0.05) is 0 Å². The van der Waals surface area contributed by atoms with Gasteiger partial charge in [-0.3, -0.25) is 0 Å². The molecule has 0 atom stereocenters. The van der Waals surface area contributed by atoms with E-state index >= 15 is 0 Å². The lowest BCUT2D eigenvalue weighted by Crippen LogP contribution is -2.30. The molecule has 9 heteroatoms. The molecular formula is C12H19F3N2O3S. The van der Waals surface area contributed by atoms with Crippen LogP contribution in [0.15, 0.2) is 25.3 Å². The molecule has 0 spiro atoms. The number of hydrogen-bond donors (Lipinski definition) is 0. The summed E-state index contributed by atoms with van der Waals surface area (Å²) in [6, 6.07) is 0. The van der Waals surface area contributed by atoms with Crippen LogP contribution in [0.4, 0.5) is 13.2 Å². The maximum absolute atomic E-state index is 10.7. The Morgan fingerprint density at radius 3 is 2.29 bits per heavy atom. The minimum absolute atomic E-state index is 1.13. The van der Waals surface area contributed by atoms with Gasteiger partial charge in [-0.05, 0) is 12.8 Å². The van der Waals surface area contributed by atoms with Crippen molar-refractivity contribution in [2.24, 2.45) is 0 Å². The van der Waals surface area contributed by atoms with Crippen LogP contribution < -0.4 is 4.57 Å². The van der Waals surface area contributed by atoms with Crippen LogP contribution in [-0.4, -0.2) is 23.0 Å². The topological polar surface area (TPSA) is 66.0 Å². The molecule has 0 saturated heterocycles. The highest BCUT2D eigenvalue weighted by atomic mass is 32.2. The quantitative estimate of drug-likeness (QED) is 0.349. The Morgan fingerprint density at radius 2 is 1.90 bits per heavy atom. The lowest BCUT2D eigenvalue weighted by Gasteiger charge is -2.08. The van der Waals surface area contributed by atoms with Crippen molar-refractivity contribution >= 4 is 16.3 Å². The van der Waals surface area contributed by atoms with Crippen LogP contribution in [0.1, 0.15) is 32.6 Å². The van der Waals surface area contributed by atoms with Crippen molar-refractivity contribution in [2.75, 3.05) is 0 Å². The van der Waals surface area contributed by atoms with Crippen LogP contribution in [0, 0.1) is 0 Å². The molecule has 0 amide bonds. The summed E-state index contributed by atoms with van der Waals surface area (Å²) in [5.41, 5.74) is -5.65. The van der Waals surface area contributed by atoms with Crippen LogP contribution >= 0.6 is 0 Å². The third-order valence-corrected chi connectivity index (χ3v) is 3.04. The van der Waals surface area contributed by atoms with Crippen molar-refractivity contribution < 1.29 is 30.7 Å². The number of nitrogens with zero attached hydrogens (tertiary/aromatic N) is 2. The Labute approximate surface area is 122 Å². The third kappa shape index (κ3) is 8.51. The maximum Gasteiger partial charge on any atom is 0.485 e. The fourth-order valence-corrected chi connectivity index (χ4v) is 1.37. The highest BCUT2D eigenvalue weighted by Crippen LogP contribution is 2.20. The highest BCUT2D eigenvalue weighted by Gasteiger charge is 2.36. The number of hydrogen-bond acceptors (Lipinski definition) is 3. The first-order valence-electron chi connectivity index (χ1n) is 6.33. The summed E-state index contributed by atoms with van der Waals surface area (Å²) < 4.78 is 63.1. The molecule has 0 radical (unpaired) electrons. The summed E-state index contributed by atoms with van der Waals surface area (Å²) in [6.45, 7) is 7.07. The van der Waals surface area contributed by atoms with Gasteiger partial charge in [0.25, 0.3) is 0 Å². The number of rotatable bonds is 6. The summed E-state index contributed by atoms with van der Waals surface area (Å²) in [5, 5.41) is 0. The SMILES string of the molecule is C=Cn1cc[n+](CCCCCC)c1.O=S(=O)([O-])C(F)(F)F. The highest BCUT2D eigenvalue weighted by molar-refractivity contribution is 7.86. The molecule has 1 heterocycles. The first-order valence-corrected chi connectivity index (χ1v) is 7.74. The molecule has 122 valence electrons. The molecule has 0 aliphatic heterocycles. The Balaban J connectivity index is 0.000000433. The molecule has 5 nitrogen and oxygen atoms in total. The monoisotopic (exact) mass is 328 g/mol. The molecule has 0 bridgehead atoms. The molecule has 0 fully saturated rings. The van der Waals surface area contributed by atoms with E-state index in [0.717, 1.165) is 6.54 Å². The lowest BCUT2D eigenvalue weighted by atomic mass is 10.2. The third-order valence-electron chi connectivity index (χ3n) is 2.48. The van der Waals surface area contributed by atoms with Crippen LogP contribution in [0.2, 0.25) is 0 Å². The fraction of sp³-hybridized carbons (Fsp3) is 0.583. The van der Waals surface area contributed by atoms with E-state index in [1.807, 2.05) is 17.0 Å². The zero-order valence-electron chi connectivity index (χ0n) is 11.7. The summed E-state index contributed by atoms with van der Waals surface area (Å²) in [5.74, 6) is 0. The molecule has 0 saturated carbocycles. The van der Waals surface area contributed by atoms with Crippen LogP contribution in [0.5, 0.6) is 0 Å². The maximum atomic E-state index is 10.7. The lowest BCUT2D eigenvalue weighted by molar-refractivity contribution is -0.696. The Kier molecular flexibility index (Phi) is 8.26. The van der Waals surface area contributed by atoms with Gasteiger partial charge in [-0.25, -0.2) is 17.6 Å². The van der Waals surface area contributed by atoms with Crippen LogP contribution in [-0.2, 0) is 16.7 Å². The van der Waals surface area contributed by atoms with Crippen molar-refractivity contribution in [1.29, 1.82) is 0 Å². The van der Waals surface area contributed by atoms with Crippen molar-refractivity contribution in [3.63, 3.8) is 0 Å².